The van der Waals surface area contributed by atoms with Crippen molar-refractivity contribution in [1.29, 1.82) is 0 Å². The molecular formula is C28H28ClN3O2. The van der Waals surface area contributed by atoms with Gasteiger partial charge in [-0.05, 0) is 55.7 Å². The monoisotopic (exact) mass is 473 g/mol. The van der Waals surface area contributed by atoms with Crippen molar-refractivity contribution >= 4 is 34.2 Å². The van der Waals surface area contributed by atoms with Gasteiger partial charge in [-0.3, -0.25) is 4.79 Å². The van der Waals surface area contributed by atoms with Crippen LogP contribution in [-0.4, -0.2) is 28.6 Å². The van der Waals surface area contributed by atoms with Gasteiger partial charge < -0.3 is 14.2 Å². The normalized spacial score (nSPS) is 15.9. The number of carbonyl (C=O) groups is 1. The molecule has 3 aromatic carbocycles. The van der Waals surface area contributed by atoms with Crippen molar-refractivity contribution in [2.75, 3.05) is 18.1 Å². The maximum atomic E-state index is 12.9. The Morgan fingerprint density at radius 3 is 2.62 bits per heavy atom. The molecule has 0 saturated carbocycles. The summed E-state index contributed by atoms with van der Waals surface area (Å²) in [5, 5.41) is 0.596. The van der Waals surface area contributed by atoms with E-state index in [1.165, 1.54) is 0 Å². The number of nitrogens with zero attached hydrogens (tertiary/aromatic N) is 3. The standard InChI is InChI=1S/C28H28ClN3O2/c1-20-10-2-7-15-26(20)34-17-9-8-16-31-25-14-6-4-12-23(25)30-28(31)21-18-27(33)32(19-21)24-13-5-3-11-22(24)29/h2-7,10-15,21H,8-9,16-19H2,1H3/t21-/m1/s1. The number of anilines is 1. The number of amides is 1. The lowest BCUT2D eigenvalue weighted by Crippen LogP contribution is -2.24. The molecule has 34 heavy (non-hydrogen) atoms. The number of fused-ring (bicyclic) bond motifs is 1. The molecule has 0 radical (unpaired) electrons. The summed E-state index contributed by atoms with van der Waals surface area (Å²) in [5.74, 6) is 2.03. The molecule has 1 amide bonds. The zero-order chi connectivity index (χ0) is 23.5. The molecule has 5 nitrogen and oxygen atoms in total. The van der Waals surface area contributed by atoms with Gasteiger partial charge in [-0.1, -0.05) is 54.1 Å². The minimum absolute atomic E-state index is 0.0272. The van der Waals surface area contributed by atoms with Gasteiger partial charge in [0.25, 0.3) is 0 Å². The van der Waals surface area contributed by atoms with Gasteiger partial charge in [0.2, 0.25) is 5.91 Å². The summed E-state index contributed by atoms with van der Waals surface area (Å²) >= 11 is 6.38. The van der Waals surface area contributed by atoms with Crippen molar-refractivity contribution in [1.82, 2.24) is 9.55 Å². The molecule has 0 N–H and O–H groups in total. The van der Waals surface area contributed by atoms with E-state index in [-0.39, 0.29) is 11.8 Å². The van der Waals surface area contributed by atoms with Crippen LogP contribution in [0.5, 0.6) is 5.75 Å². The highest BCUT2D eigenvalue weighted by Crippen LogP contribution is 2.36. The molecule has 1 aliphatic heterocycles. The first-order valence-corrected chi connectivity index (χ1v) is 12.2. The summed E-state index contributed by atoms with van der Waals surface area (Å²) in [6.07, 6.45) is 2.34. The molecule has 1 fully saturated rings. The van der Waals surface area contributed by atoms with Crippen molar-refractivity contribution in [3.8, 4) is 5.75 Å². The van der Waals surface area contributed by atoms with Crippen LogP contribution >= 0.6 is 11.6 Å². The Morgan fingerprint density at radius 2 is 1.76 bits per heavy atom. The molecule has 0 spiro atoms. The zero-order valence-corrected chi connectivity index (χ0v) is 20.0. The lowest BCUT2D eigenvalue weighted by atomic mass is 10.1. The van der Waals surface area contributed by atoms with Gasteiger partial charge >= 0.3 is 0 Å². The zero-order valence-electron chi connectivity index (χ0n) is 19.3. The van der Waals surface area contributed by atoms with E-state index in [2.05, 4.69) is 23.6 Å². The summed E-state index contributed by atoms with van der Waals surface area (Å²) in [6, 6.07) is 23.8. The van der Waals surface area contributed by atoms with Crippen LogP contribution in [0, 0.1) is 6.92 Å². The Kier molecular flexibility index (Phi) is 6.54. The molecule has 5 rings (SSSR count). The van der Waals surface area contributed by atoms with E-state index in [1.807, 2.05) is 60.7 Å². The number of hydrogen-bond donors (Lipinski definition) is 0. The van der Waals surface area contributed by atoms with Crippen molar-refractivity contribution < 1.29 is 9.53 Å². The lowest BCUT2D eigenvalue weighted by Gasteiger charge is -2.18. The predicted octanol–water partition coefficient (Wildman–Crippen LogP) is 6.38. The van der Waals surface area contributed by atoms with E-state index in [9.17, 15) is 4.79 Å². The maximum absolute atomic E-state index is 12.9. The van der Waals surface area contributed by atoms with Crippen molar-refractivity contribution in [2.24, 2.45) is 0 Å². The van der Waals surface area contributed by atoms with Crippen LogP contribution in [0.15, 0.2) is 72.8 Å². The SMILES string of the molecule is Cc1ccccc1OCCCCn1c([C@@H]2CC(=O)N(c3ccccc3Cl)C2)nc2ccccc21. The van der Waals surface area contributed by atoms with E-state index in [1.54, 1.807) is 4.90 Å². The molecule has 1 aliphatic rings. The average molecular weight is 474 g/mol. The van der Waals surface area contributed by atoms with E-state index >= 15 is 0 Å². The molecule has 0 unspecified atom stereocenters. The van der Waals surface area contributed by atoms with Crippen LogP contribution in [0.2, 0.25) is 5.02 Å². The van der Waals surface area contributed by atoms with Crippen LogP contribution in [0.4, 0.5) is 5.69 Å². The number of aromatic nitrogens is 2. The average Bonchev–Trinajstić information content (AvgIpc) is 3.41. The Bertz CT molecular complexity index is 1320. The fraction of sp³-hybridized carbons (Fsp3) is 0.286. The Hall–Kier alpha value is -3.31. The number of aryl methyl sites for hydroxylation is 2. The van der Waals surface area contributed by atoms with E-state index in [0.29, 0.717) is 24.6 Å². The number of hydrogen-bond acceptors (Lipinski definition) is 3. The Morgan fingerprint density at radius 1 is 1.00 bits per heavy atom. The fourth-order valence-electron chi connectivity index (χ4n) is 4.70. The van der Waals surface area contributed by atoms with Crippen LogP contribution in [-0.2, 0) is 11.3 Å². The molecule has 4 aromatic rings. The van der Waals surface area contributed by atoms with Gasteiger partial charge in [0.1, 0.15) is 11.6 Å². The number of carbonyl (C=O) groups excluding carboxylic acids is 1. The van der Waals surface area contributed by atoms with Crippen molar-refractivity contribution in [2.45, 2.75) is 38.6 Å². The first-order chi connectivity index (χ1) is 16.6. The van der Waals surface area contributed by atoms with Gasteiger partial charge in [0.15, 0.2) is 0 Å². The molecule has 1 saturated heterocycles. The third-order valence-electron chi connectivity index (χ3n) is 6.44. The fourth-order valence-corrected chi connectivity index (χ4v) is 4.94. The number of ether oxygens (including phenoxy) is 1. The topological polar surface area (TPSA) is 47.4 Å². The Balaban J connectivity index is 1.31. The van der Waals surface area contributed by atoms with Gasteiger partial charge in [-0.15, -0.1) is 0 Å². The van der Waals surface area contributed by atoms with Crippen molar-refractivity contribution in [3.63, 3.8) is 0 Å². The molecule has 0 aliphatic carbocycles. The number of imidazole rings is 1. The summed E-state index contributed by atoms with van der Waals surface area (Å²) in [7, 11) is 0. The third-order valence-corrected chi connectivity index (χ3v) is 6.76. The molecule has 0 bridgehead atoms. The van der Waals surface area contributed by atoms with Gasteiger partial charge in [0.05, 0.1) is 28.4 Å². The van der Waals surface area contributed by atoms with E-state index in [4.69, 9.17) is 21.3 Å². The number of halogens is 1. The van der Waals surface area contributed by atoms with Crippen LogP contribution in [0.3, 0.4) is 0 Å². The van der Waals surface area contributed by atoms with Crippen LogP contribution in [0.25, 0.3) is 11.0 Å². The number of para-hydroxylation sites is 4. The molecule has 2 heterocycles. The second-order valence-electron chi connectivity index (χ2n) is 8.79. The minimum Gasteiger partial charge on any atom is -0.493 e. The predicted molar refractivity (Wildman–Crippen MR) is 137 cm³/mol. The highest BCUT2D eigenvalue weighted by atomic mass is 35.5. The third kappa shape index (κ3) is 4.53. The van der Waals surface area contributed by atoms with E-state index < -0.39 is 0 Å². The smallest absolute Gasteiger partial charge is 0.227 e. The largest absolute Gasteiger partial charge is 0.493 e. The number of benzene rings is 3. The summed E-state index contributed by atoms with van der Waals surface area (Å²) in [5.41, 5.74) is 4.00. The second kappa shape index (κ2) is 9.90. The summed E-state index contributed by atoms with van der Waals surface area (Å²) in [4.78, 5) is 19.7. The van der Waals surface area contributed by atoms with Gasteiger partial charge in [-0.25, -0.2) is 4.98 Å². The number of unbranched alkanes of at least 4 members (excludes halogenated alkanes) is 1. The lowest BCUT2D eigenvalue weighted by molar-refractivity contribution is -0.117. The second-order valence-corrected chi connectivity index (χ2v) is 9.20. The maximum Gasteiger partial charge on any atom is 0.227 e. The highest BCUT2D eigenvalue weighted by molar-refractivity contribution is 6.33. The summed E-state index contributed by atoms with van der Waals surface area (Å²) in [6.45, 7) is 4.16. The van der Waals surface area contributed by atoms with Gasteiger partial charge in [0, 0.05) is 25.4 Å². The molecule has 6 heteroatoms. The van der Waals surface area contributed by atoms with Crippen LogP contribution < -0.4 is 9.64 Å². The molecule has 174 valence electrons. The Labute approximate surface area is 204 Å². The highest BCUT2D eigenvalue weighted by Gasteiger charge is 2.35. The first-order valence-electron chi connectivity index (χ1n) is 11.8. The number of rotatable bonds is 8. The van der Waals surface area contributed by atoms with Gasteiger partial charge in [-0.2, -0.15) is 0 Å². The molecule has 1 aromatic heterocycles. The summed E-state index contributed by atoms with van der Waals surface area (Å²) < 4.78 is 8.26. The van der Waals surface area contributed by atoms with E-state index in [0.717, 1.165) is 53.2 Å². The van der Waals surface area contributed by atoms with Crippen LogP contribution in [0.1, 0.15) is 36.6 Å². The minimum atomic E-state index is 0.0272. The quantitative estimate of drug-likeness (QED) is 0.279. The molecule has 1 atom stereocenters. The first kappa shape index (κ1) is 22.5. The molecular weight excluding hydrogens is 446 g/mol. The van der Waals surface area contributed by atoms with Crippen molar-refractivity contribution in [3.05, 3.63) is 89.2 Å².